The molecule has 7 nitrogen and oxygen atoms in total. The molecule has 1 aromatic carbocycles. The van der Waals surface area contributed by atoms with Gasteiger partial charge in [-0.15, -0.1) is 11.3 Å². The first kappa shape index (κ1) is 21.8. The molecule has 1 aliphatic rings. The highest BCUT2D eigenvalue weighted by atomic mass is 32.2. The van der Waals surface area contributed by atoms with E-state index in [0.717, 1.165) is 17.0 Å². The normalized spacial score (nSPS) is 16.7. The first-order chi connectivity index (χ1) is 13.8. The van der Waals surface area contributed by atoms with Gasteiger partial charge in [0.1, 0.15) is 5.82 Å². The Labute approximate surface area is 174 Å². The Kier molecular flexibility index (Phi) is 7.01. The number of sulfonamides is 1. The second-order valence-corrected chi connectivity index (χ2v) is 9.78. The Balaban J connectivity index is 1.77. The Morgan fingerprint density at radius 3 is 2.66 bits per heavy atom. The summed E-state index contributed by atoms with van der Waals surface area (Å²) in [5.41, 5.74) is -0.289. The summed E-state index contributed by atoms with van der Waals surface area (Å²) in [4.78, 5) is 15.5. The van der Waals surface area contributed by atoms with E-state index in [4.69, 9.17) is 4.74 Å². The SMILES string of the molecule is CN(C)[C@H](CNC(=O)c1cc(S(=O)(=O)N2CCOCC2)ccc1F)c1cccs1. The summed E-state index contributed by atoms with van der Waals surface area (Å²) in [6.45, 7) is 1.34. The fourth-order valence-corrected chi connectivity index (χ4v) is 5.44. The minimum Gasteiger partial charge on any atom is -0.379 e. The molecule has 1 amide bonds. The summed E-state index contributed by atoms with van der Waals surface area (Å²) >= 11 is 1.57. The van der Waals surface area contributed by atoms with Gasteiger partial charge in [-0.2, -0.15) is 4.31 Å². The summed E-state index contributed by atoms with van der Waals surface area (Å²) < 4.78 is 46.4. The van der Waals surface area contributed by atoms with Crippen molar-refractivity contribution in [3.8, 4) is 0 Å². The first-order valence-corrected chi connectivity index (χ1v) is 11.5. The number of carbonyl (C=O) groups excluding carboxylic acids is 1. The Bertz CT molecular complexity index is 942. The summed E-state index contributed by atoms with van der Waals surface area (Å²) in [6, 6.07) is 7.14. The quantitative estimate of drug-likeness (QED) is 0.711. The highest BCUT2D eigenvalue weighted by molar-refractivity contribution is 7.89. The smallest absolute Gasteiger partial charge is 0.254 e. The maximum Gasteiger partial charge on any atom is 0.254 e. The number of amides is 1. The zero-order valence-electron chi connectivity index (χ0n) is 16.3. The van der Waals surface area contributed by atoms with Crippen LogP contribution in [0.25, 0.3) is 0 Å². The average Bonchev–Trinajstić information content (AvgIpc) is 3.23. The molecule has 29 heavy (non-hydrogen) atoms. The lowest BCUT2D eigenvalue weighted by molar-refractivity contribution is 0.0730. The average molecular weight is 442 g/mol. The number of hydrogen-bond acceptors (Lipinski definition) is 6. The minimum atomic E-state index is -3.81. The Morgan fingerprint density at radius 1 is 1.31 bits per heavy atom. The third-order valence-corrected chi connectivity index (χ3v) is 7.61. The van der Waals surface area contributed by atoms with Gasteiger partial charge in [0.2, 0.25) is 10.0 Å². The van der Waals surface area contributed by atoms with E-state index in [2.05, 4.69) is 5.32 Å². The molecule has 0 aliphatic carbocycles. The molecule has 10 heteroatoms. The van der Waals surface area contributed by atoms with Crippen LogP contribution in [0.2, 0.25) is 0 Å². The molecule has 0 radical (unpaired) electrons. The third kappa shape index (κ3) is 5.01. The van der Waals surface area contributed by atoms with Gasteiger partial charge in [0.25, 0.3) is 5.91 Å². The maximum absolute atomic E-state index is 14.3. The van der Waals surface area contributed by atoms with Crippen molar-refractivity contribution in [3.63, 3.8) is 0 Å². The summed E-state index contributed by atoms with van der Waals surface area (Å²) in [5.74, 6) is -1.41. The van der Waals surface area contributed by atoms with E-state index in [-0.39, 0.29) is 36.1 Å². The fourth-order valence-electron chi connectivity index (χ4n) is 3.08. The number of benzene rings is 1. The molecule has 1 saturated heterocycles. The second kappa shape index (κ2) is 9.31. The standard InChI is InChI=1S/C19H24FN3O4S2/c1-22(2)17(18-4-3-11-28-18)13-21-19(24)15-12-14(5-6-16(15)20)29(25,26)23-7-9-27-10-8-23/h3-6,11-12,17H,7-10,13H2,1-2H3,(H,21,24)/t17-/m1/s1. The number of nitrogens with one attached hydrogen (secondary N) is 1. The second-order valence-electron chi connectivity index (χ2n) is 6.86. The fraction of sp³-hybridized carbons (Fsp3) is 0.421. The molecular weight excluding hydrogens is 417 g/mol. The van der Waals surface area contributed by atoms with Gasteiger partial charge in [0.05, 0.1) is 29.7 Å². The van der Waals surface area contributed by atoms with Crippen molar-refractivity contribution >= 4 is 27.3 Å². The molecule has 2 aromatic rings. The monoisotopic (exact) mass is 441 g/mol. The van der Waals surface area contributed by atoms with Gasteiger partial charge >= 0.3 is 0 Å². The largest absolute Gasteiger partial charge is 0.379 e. The minimum absolute atomic E-state index is 0.0673. The van der Waals surface area contributed by atoms with Crippen LogP contribution >= 0.6 is 11.3 Å². The number of nitrogens with zero attached hydrogens (tertiary/aromatic N) is 2. The van der Waals surface area contributed by atoms with Crippen molar-refractivity contribution in [1.29, 1.82) is 0 Å². The van der Waals surface area contributed by atoms with Gasteiger partial charge in [-0.3, -0.25) is 4.79 Å². The van der Waals surface area contributed by atoms with E-state index >= 15 is 0 Å². The van der Waals surface area contributed by atoms with Gasteiger partial charge in [0, 0.05) is 24.5 Å². The van der Waals surface area contributed by atoms with Crippen LogP contribution in [0.4, 0.5) is 4.39 Å². The first-order valence-electron chi connectivity index (χ1n) is 9.16. The zero-order valence-corrected chi connectivity index (χ0v) is 17.9. The van der Waals surface area contributed by atoms with Crippen LogP contribution in [0.5, 0.6) is 0 Å². The summed E-state index contributed by atoms with van der Waals surface area (Å²) in [5, 5.41) is 4.68. The van der Waals surface area contributed by atoms with E-state index in [1.165, 1.54) is 10.4 Å². The molecule has 0 saturated carbocycles. The number of hydrogen-bond donors (Lipinski definition) is 1. The molecule has 1 aromatic heterocycles. The molecule has 0 spiro atoms. The molecule has 2 heterocycles. The van der Waals surface area contributed by atoms with Crippen molar-refractivity contribution in [2.75, 3.05) is 46.9 Å². The molecule has 1 aliphatic heterocycles. The van der Waals surface area contributed by atoms with E-state index in [0.29, 0.717) is 13.2 Å². The molecule has 1 atom stereocenters. The molecule has 0 unspecified atom stereocenters. The van der Waals surface area contributed by atoms with Crippen molar-refractivity contribution < 1.29 is 22.3 Å². The molecule has 3 rings (SSSR count). The Morgan fingerprint density at radius 2 is 2.03 bits per heavy atom. The number of ether oxygens (including phenoxy) is 1. The maximum atomic E-state index is 14.3. The van der Waals surface area contributed by atoms with Crippen LogP contribution in [0.15, 0.2) is 40.6 Å². The van der Waals surface area contributed by atoms with Crippen LogP contribution < -0.4 is 5.32 Å². The van der Waals surface area contributed by atoms with E-state index in [9.17, 15) is 17.6 Å². The van der Waals surface area contributed by atoms with E-state index in [1.54, 1.807) is 11.3 Å². The number of rotatable bonds is 7. The molecule has 1 fully saturated rings. The lowest BCUT2D eigenvalue weighted by Gasteiger charge is -2.26. The molecule has 158 valence electrons. The highest BCUT2D eigenvalue weighted by Gasteiger charge is 2.28. The summed E-state index contributed by atoms with van der Waals surface area (Å²) in [7, 11) is -0.0239. The van der Waals surface area contributed by atoms with Crippen molar-refractivity contribution in [2.24, 2.45) is 0 Å². The molecule has 0 bridgehead atoms. The van der Waals surface area contributed by atoms with Gasteiger partial charge in [-0.1, -0.05) is 6.07 Å². The van der Waals surface area contributed by atoms with E-state index in [1.807, 2.05) is 36.5 Å². The van der Waals surface area contributed by atoms with Gasteiger partial charge in [0.15, 0.2) is 0 Å². The molecule has 1 N–H and O–H groups in total. The Hall–Kier alpha value is -1.85. The third-order valence-electron chi connectivity index (χ3n) is 4.74. The molecular formula is C19H24FN3O4S2. The van der Waals surface area contributed by atoms with Crippen LogP contribution in [0.1, 0.15) is 21.3 Å². The van der Waals surface area contributed by atoms with Crippen LogP contribution in [-0.2, 0) is 14.8 Å². The van der Waals surface area contributed by atoms with Crippen LogP contribution in [-0.4, -0.2) is 70.5 Å². The van der Waals surface area contributed by atoms with Crippen LogP contribution in [0.3, 0.4) is 0 Å². The number of carbonyl (C=O) groups is 1. The topological polar surface area (TPSA) is 79.0 Å². The number of thiophene rings is 1. The predicted octanol–water partition coefficient (Wildman–Crippen LogP) is 1.94. The predicted molar refractivity (Wildman–Crippen MR) is 109 cm³/mol. The number of likely N-dealkylation sites (N-methyl/N-ethyl adjacent to an activating group) is 1. The van der Waals surface area contributed by atoms with Crippen molar-refractivity contribution in [3.05, 3.63) is 52.0 Å². The number of halogens is 1. The number of morpholine rings is 1. The van der Waals surface area contributed by atoms with Gasteiger partial charge in [-0.05, 0) is 43.7 Å². The summed E-state index contributed by atoms with van der Waals surface area (Å²) in [6.07, 6.45) is 0. The zero-order chi connectivity index (χ0) is 21.0. The van der Waals surface area contributed by atoms with Crippen LogP contribution in [0, 0.1) is 5.82 Å². The van der Waals surface area contributed by atoms with E-state index < -0.39 is 21.7 Å². The van der Waals surface area contributed by atoms with Crippen molar-refractivity contribution in [1.82, 2.24) is 14.5 Å². The van der Waals surface area contributed by atoms with Gasteiger partial charge in [-0.25, -0.2) is 12.8 Å². The van der Waals surface area contributed by atoms with Crippen molar-refractivity contribution in [2.45, 2.75) is 10.9 Å². The highest BCUT2D eigenvalue weighted by Crippen LogP contribution is 2.23. The van der Waals surface area contributed by atoms with Gasteiger partial charge < -0.3 is 15.0 Å². The lowest BCUT2D eigenvalue weighted by atomic mass is 10.1. The lowest BCUT2D eigenvalue weighted by Crippen LogP contribution is -2.40.